The summed E-state index contributed by atoms with van der Waals surface area (Å²) in [5.41, 5.74) is 3.10. The summed E-state index contributed by atoms with van der Waals surface area (Å²) in [7, 11) is 3.55. The summed E-state index contributed by atoms with van der Waals surface area (Å²) in [6.07, 6.45) is 1.01. The van der Waals surface area contributed by atoms with Crippen LogP contribution in [-0.2, 0) is 13.6 Å². The van der Waals surface area contributed by atoms with E-state index in [4.69, 9.17) is 9.47 Å². The molecule has 0 saturated heterocycles. The molecule has 21 heavy (non-hydrogen) atoms. The van der Waals surface area contributed by atoms with Crippen LogP contribution >= 0.6 is 0 Å². The Morgan fingerprint density at radius 3 is 2.57 bits per heavy atom. The highest BCUT2D eigenvalue weighted by Crippen LogP contribution is 2.23. The zero-order valence-corrected chi connectivity index (χ0v) is 13.1. The number of anilines is 1. The van der Waals surface area contributed by atoms with Crippen molar-refractivity contribution in [3.63, 3.8) is 0 Å². The van der Waals surface area contributed by atoms with Crippen molar-refractivity contribution in [2.24, 2.45) is 7.05 Å². The zero-order valence-electron chi connectivity index (χ0n) is 13.1. The van der Waals surface area contributed by atoms with Gasteiger partial charge in [-0.3, -0.25) is 0 Å². The van der Waals surface area contributed by atoms with E-state index in [1.165, 1.54) is 0 Å². The van der Waals surface area contributed by atoms with Crippen LogP contribution in [0.5, 0.6) is 11.6 Å². The van der Waals surface area contributed by atoms with Crippen LogP contribution in [0.2, 0.25) is 0 Å². The van der Waals surface area contributed by atoms with Gasteiger partial charge in [-0.05, 0) is 37.6 Å². The molecule has 1 aromatic carbocycles. The van der Waals surface area contributed by atoms with E-state index < -0.39 is 0 Å². The molecule has 1 aromatic heterocycles. The van der Waals surface area contributed by atoms with Crippen LogP contribution < -0.4 is 14.8 Å². The first-order chi connectivity index (χ1) is 10.2. The van der Waals surface area contributed by atoms with Crippen LogP contribution in [0.3, 0.4) is 0 Å². The van der Waals surface area contributed by atoms with Crippen molar-refractivity contribution < 1.29 is 9.47 Å². The molecule has 0 saturated carbocycles. The molecular weight excluding hydrogens is 266 g/mol. The highest BCUT2D eigenvalue weighted by molar-refractivity contribution is 5.47. The smallest absolute Gasteiger partial charge is 0.216 e. The van der Waals surface area contributed by atoms with Crippen molar-refractivity contribution in [1.29, 1.82) is 0 Å². The van der Waals surface area contributed by atoms with E-state index in [1.807, 2.05) is 38.2 Å². The number of hydrogen-bond acceptors (Lipinski definition) is 4. The minimum Gasteiger partial charge on any atom is -0.494 e. The molecular formula is C16H23N3O2. The van der Waals surface area contributed by atoms with Gasteiger partial charge in [0.05, 0.1) is 25.0 Å². The largest absolute Gasteiger partial charge is 0.494 e. The van der Waals surface area contributed by atoms with Crippen molar-refractivity contribution in [3.8, 4) is 11.6 Å². The SMILES string of the molecule is CCCOc1ccc(NCc2c(C)nn(C)c2OC)cc1. The fourth-order valence-corrected chi connectivity index (χ4v) is 2.22. The first kappa shape index (κ1) is 15.2. The van der Waals surface area contributed by atoms with Gasteiger partial charge in [0, 0.05) is 19.3 Å². The summed E-state index contributed by atoms with van der Waals surface area (Å²) in [5.74, 6) is 1.69. The molecule has 0 spiro atoms. The highest BCUT2D eigenvalue weighted by Gasteiger charge is 2.13. The average molecular weight is 289 g/mol. The number of nitrogens with one attached hydrogen (secondary N) is 1. The number of aromatic nitrogens is 2. The lowest BCUT2D eigenvalue weighted by Gasteiger charge is -2.09. The van der Waals surface area contributed by atoms with E-state index in [9.17, 15) is 0 Å². The summed E-state index contributed by atoms with van der Waals surface area (Å²) in [6, 6.07) is 7.99. The highest BCUT2D eigenvalue weighted by atomic mass is 16.5. The molecule has 0 aliphatic heterocycles. The van der Waals surface area contributed by atoms with Gasteiger partial charge in [0.1, 0.15) is 5.75 Å². The quantitative estimate of drug-likeness (QED) is 0.850. The Hall–Kier alpha value is -2.17. The summed E-state index contributed by atoms with van der Waals surface area (Å²) < 4.78 is 12.7. The molecule has 0 atom stereocenters. The van der Waals surface area contributed by atoms with E-state index in [2.05, 4.69) is 17.3 Å². The van der Waals surface area contributed by atoms with Gasteiger partial charge < -0.3 is 14.8 Å². The summed E-state index contributed by atoms with van der Waals surface area (Å²) in [6.45, 7) is 5.51. The monoisotopic (exact) mass is 289 g/mol. The van der Waals surface area contributed by atoms with Gasteiger partial charge in [-0.25, -0.2) is 4.68 Å². The Morgan fingerprint density at radius 2 is 1.95 bits per heavy atom. The maximum absolute atomic E-state index is 5.57. The minimum atomic E-state index is 0.679. The maximum Gasteiger partial charge on any atom is 0.216 e. The molecule has 1 N–H and O–H groups in total. The number of methoxy groups -OCH3 is 1. The topological polar surface area (TPSA) is 48.3 Å². The van der Waals surface area contributed by atoms with Crippen molar-refractivity contribution in [2.45, 2.75) is 26.8 Å². The van der Waals surface area contributed by atoms with Gasteiger partial charge in [-0.1, -0.05) is 6.92 Å². The third-order valence-electron chi connectivity index (χ3n) is 3.28. The predicted octanol–water partition coefficient (Wildman–Crippen LogP) is 3.14. The van der Waals surface area contributed by atoms with Crippen LogP contribution in [0, 0.1) is 6.92 Å². The number of nitrogens with zero attached hydrogens (tertiary/aromatic N) is 2. The summed E-state index contributed by atoms with van der Waals surface area (Å²) in [4.78, 5) is 0. The third kappa shape index (κ3) is 3.68. The van der Waals surface area contributed by atoms with Gasteiger partial charge >= 0.3 is 0 Å². The predicted molar refractivity (Wildman–Crippen MR) is 84.1 cm³/mol. The second-order valence-electron chi connectivity index (χ2n) is 4.92. The summed E-state index contributed by atoms with van der Waals surface area (Å²) in [5, 5.41) is 7.76. The van der Waals surface area contributed by atoms with Crippen LogP contribution in [0.25, 0.3) is 0 Å². The van der Waals surface area contributed by atoms with Crippen molar-refractivity contribution in [1.82, 2.24) is 9.78 Å². The molecule has 0 amide bonds. The fourth-order valence-electron chi connectivity index (χ4n) is 2.22. The Morgan fingerprint density at radius 1 is 1.24 bits per heavy atom. The van der Waals surface area contributed by atoms with Crippen LogP contribution in [0.4, 0.5) is 5.69 Å². The van der Waals surface area contributed by atoms with E-state index >= 15 is 0 Å². The number of rotatable bonds is 7. The molecule has 0 bridgehead atoms. The Balaban J connectivity index is 2.00. The Bertz CT molecular complexity index is 576. The minimum absolute atomic E-state index is 0.679. The second kappa shape index (κ2) is 7.02. The van der Waals surface area contributed by atoms with Gasteiger partial charge in [-0.15, -0.1) is 0 Å². The van der Waals surface area contributed by atoms with E-state index in [-0.39, 0.29) is 0 Å². The lowest BCUT2D eigenvalue weighted by molar-refractivity contribution is 0.317. The Labute approximate surface area is 125 Å². The number of benzene rings is 1. The van der Waals surface area contributed by atoms with Gasteiger partial charge in [0.2, 0.25) is 5.88 Å². The van der Waals surface area contributed by atoms with Crippen LogP contribution in [0.1, 0.15) is 24.6 Å². The van der Waals surface area contributed by atoms with E-state index in [0.29, 0.717) is 6.54 Å². The first-order valence-electron chi connectivity index (χ1n) is 7.19. The van der Waals surface area contributed by atoms with Crippen LogP contribution in [0.15, 0.2) is 24.3 Å². The lowest BCUT2D eigenvalue weighted by Crippen LogP contribution is -2.03. The molecule has 0 aliphatic carbocycles. The molecule has 0 aliphatic rings. The lowest BCUT2D eigenvalue weighted by atomic mass is 10.2. The van der Waals surface area contributed by atoms with Gasteiger partial charge in [0.15, 0.2) is 0 Å². The van der Waals surface area contributed by atoms with Gasteiger partial charge in [-0.2, -0.15) is 5.10 Å². The third-order valence-corrected chi connectivity index (χ3v) is 3.28. The molecule has 0 fully saturated rings. The average Bonchev–Trinajstić information content (AvgIpc) is 2.77. The van der Waals surface area contributed by atoms with Crippen LogP contribution in [-0.4, -0.2) is 23.5 Å². The zero-order chi connectivity index (χ0) is 15.2. The number of ether oxygens (including phenoxy) is 2. The normalized spacial score (nSPS) is 10.5. The molecule has 5 nitrogen and oxygen atoms in total. The molecule has 2 rings (SSSR count). The second-order valence-corrected chi connectivity index (χ2v) is 4.92. The molecule has 114 valence electrons. The molecule has 2 aromatic rings. The molecule has 5 heteroatoms. The fraction of sp³-hybridized carbons (Fsp3) is 0.438. The van der Waals surface area contributed by atoms with Crippen molar-refractivity contribution in [3.05, 3.63) is 35.5 Å². The summed E-state index contributed by atoms with van der Waals surface area (Å²) >= 11 is 0. The van der Waals surface area contributed by atoms with E-state index in [1.54, 1.807) is 11.8 Å². The number of aryl methyl sites for hydroxylation is 2. The Kier molecular flexibility index (Phi) is 5.09. The standard InChI is InChI=1S/C16H23N3O2/c1-5-10-21-14-8-6-13(7-9-14)17-11-15-12(2)18-19(3)16(15)20-4/h6-9,17H,5,10-11H2,1-4H3. The van der Waals surface area contributed by atoms with Crippen molar-refractivity contribution in [2.75, 3.05) is 19.0 Å². The van der Waals surface area contributed by atoms with Crippen molar-refractivity contribution >= 4 is 5.69 Å². The van der Waals surface area contributed by atoms with Gasteiger partial charge in [0.25, 0.3) is 0 Å². The molecule has 0 unspecified atom stereocenters. The maximum atomic E-state index is 5.57. The first-order valence-corrected chi connectivity index (χ1v) is 7.19. The molecule has 0 radical (unpaired) electrons. The van der Waals surface area contributed by atoms with E-state index in [0.717, 1.165) is 41.6 Å². The molecule has 1 heterocycles. The number of hydrogen-bond donors (Lipinski definition) is 1.